The van der Waals surface area contributed by atoms with E-state index in [1.807, 2.05) is 19.9 Å². The maximum Gasteiger partial charge on any atom is 0.0987 e. The van der Waals surface area contributed by atoms with E-state index in [4.69, 9.17) is 4.74 Å². The molecular weight excluding hydrogens is 200 g/mol. The molecule has 0 saturated carbocycles. The van der Waals surface area contributed by atoms with E-state index in [1.54, 1.807) is 7.11 Å². The zero-order chi connectivity index (χ0) is 12.6. The number of nitrogens with one attached hydrogen (secondary N) is 1. The largest absolute Gasteiger partial charge is 0.375 e. The predicted molar refractivity (Wildman–Crippen MR) is 71.0 cm³/mol. The summed E-state index contributed by atoms with van der Waals surface area (Å²) in [7, 11) is 1.75. The number of ether oxygens (including phenoxy) is 1. The summed E-state index contributed by atoms with van der Waals surface area (Å²) >= 11 is 0. The van der Waals surface area contributed by atoms with Gasteiger partial charge in [-0.05, 0) is 26.3 Å². The number of aliphatic imine (C=N–C) groups is 1. The number of rotatable bonds is 7. The molecule has 3 heteroatoms. The van der Waals surface area contributed by atoms with E-state index in [2.05, 4.69) is 31.1 Å². The van der Waals surface area contributed by atoms with E-state index in [0.717, 1.165) is 24.5 Å². The van der Waals surface area contributed by atoms with Crippen LogP contribution in [0.5, 0.6) is 0 Å². The third-order valence-corrected chi connectivity index (χ3v) is 2.48. The molecule has 3 nitrogen and oxygen atoms in total. The molecule has 0 aliphatic carbocycles. The molecule has 0 aromatic heterocycles. The summed E-state index contributed by atoms with van der Waals surface area (Å²) in [5, 5.41) is 3.31. The monoisotopic (exact) mass is 226 g/mol. The van der Waals surface area contributed by atoms with Crippen LogP contribution in [0.4, 0.5) is 0 Å². The molecule has 0 aliphatic rings. The zero-order valence-corrected chi connectivity index (χ0v) is 11.5. The summed E-state index contributed by atoms with van der Waals surface area (Å²) in [6.07, 6.45) is 2.10. The Morgan fingerprint density at radius 3 is 2.44 bits per heavy atom. The van der Waals surface area contributed by atoms with Crippen molar-refractivity contribution in [2.75, 3.05) is 20.2 Å². The SMILES string of the molecule is C/C=C(C)/N=C(/CNCC)C(OC)C(C)C. The molecule has 0 heterocycles. The normalized spacial score (nSPS) is 15.7. The summed E-state index contributed by atoms with van der Waals surface area (Å²) in [5.74, 6) is 0.437. The summed E-state index contributed by atoms with van der Waals surface area (Å²) < 4.78 is 5.52. The molecule has 0 spiro atoms. The maximum atomic E-state index is 5.52. The standard InChI is InChI=1S/C13H26N2O/c1-7-11(5)15-12(9-14-8-2)13(16-6)10(3)4/h7,10,13-14H,8-9H2,1-6H3/b11-7+,15-12-. The van der Waals surface area contributed by atoms with E-state index < -0.39 is 0 Å². The van der Waals surface area contributed by atoms with Crippen LogP contribution < -0.4 is 5.32 Å². The van der Waals surface area contributed by atoms with Crippen molar-refractivity contribution in [3.63, 3.8) is 0 Å². The van der Waals surface area contributed by atoms with Crippen molar-refractivity contribution in [1.29, 1.82) is 0 Å². The minimum absolute atomic E-state index is 0.0916. The van der Waals surface area contributed by atoms with Gasteiger partial charge in [-0.2, -0.15) is 0 Å². The topological polar surface area (TPSA) is 33.6 Å². The number of hydrogen-bond acceptors (Lipinski definition) is 3. The Kier molecular flexibility index (Phi) is 8.12. The molecule has 0 fully saturated rings. The Hall–Kier alpha value is -0.670. The Balaban J connectivity index is 4.83. The third-order valence-electron chi connectivity index (χ3n) is 2.48. The van der Waals surface area contributed by atoms with Gasteiger partial charge in [0.2, 0.25) is 0 Å². The lowest BCUT2D eigenvalue weighted by atomic mass is 10.0. The number of allylic oxidation sites excluding steroid dienone is 2. The first kappa shape index (κ1) is 15.3. The molecule has 0 aliphatic heterocycles. The van der Waals surface area contributed by atoms with Crippen LogP contribution in [0.1, 0.15) is 34.6 Å². The fourth-order valence-electron chi connectivity index (χ4n) is 1.54. The van der Waals surface area contributed by atoms with Crippen molar-refractivity contribution in [2.24, 2.45) is 10.9 Å². The van der Waals surface area contributed by atoms with Crippen LogP contribution in [0.25, 0.3) is 0 Å². The van der Waals surface area contributed by atoms with Crippen LogP contribution in [-0.4, -0.2) is 32.0 Å². The lowest BCUT2D eigenvalue weighted by molar-refractivity contribution is 0.117. The third kappa shape index (κ3) is 5.42. The molecule has 1 N–H and O–H groups in total. The summed E-state index contributed by atoms with van der Waals surface area (Å²) in [6, 6.07) is 0. The van der Waals surface area contributed by atoms with Crippen molar-refractivity contribution in [3.05, 3.63) is 11.8 Å². The highest BCUT2D eigenvalue weighted by atomic mass is 16.5. The first-order chi connectivity index (χ1) is 7.56. The molecule has 0 bridgehead atoms. The molecule has 94 valence electrons. The zero-order valence-electron chi connectivity index (χ0n) is 11.5. The van der Waals surface area contributed by atoms with Gasteiger partial charge in [-0.1, -0.05) is 26.8 Å². The lowest BCUT2D eigenvalue weighted by Gasteiger charge is -2.22. The second kappa shape index (κ2) is 8.48. The van der Waals surface area contributed by atoms with Gasteiger partial charge in [0, 0.05) is 19.4 Å². The predicted octanol–water partition coefficient (Wildman–Crippen LogP) is 2.63. The van der Waals surface area contributed by atoms with Gasteiger partial charge in [0.15, 0.2) is 0 Å². The Morgan fingerprint density at radius 2 is 2.06 bits per heavy atom. The minimum atomic E-state index is 0.0916. The number of methoxy groups -OCH3 is 1. The minimum Gasteiger partial charge on any atom is -0.375 e. The maximum absolute atomic E-state index is 5.52. The highest BCUT2D eigenvalue weighted by Gasteiger charge is 2.18. The van der Waals surface area contributed by atoms with Crippen molar-refractivity contribution in [1.82, 2.24) is 5.32 Å². The Labute approximate surface area is 100.0 Å². The first-order valence-electron chi connectivity index (χ1n) is 6.00. The summed E-state index contributed by atoms with van der Waals surface area (Å²) in [4.78, 5) is 4.62. The van der Waals surface area contributed by atoms with E-state index in [1.165, 1.54) is 0 Å². The Morgan fingerprint density at radius 1 is 1.44 bits per heavy atom. The fraction of sp³-hybridized carbons (Fsp3) is 0.769. The van der Waals surface area contributed by atoms with Crippen LogP contribution in [0, 0.1) is 5.92 Å². The fourth-order valence-corrected chi connectivity index (χ4v) is 1.54. The molecule has 0 rings (SSSR count). The van der Waals surface area contributed by atoms with Gasteiger partial charge >= 0.3 is 0 Å². The molecule has 0 aromatic carbocycles. The summed E-state index contributed by atoms with van der Waals surface area (Å²) in [5.41, 5.74) is 2.12. The van der Waals surface area contributed by atoms with Crippen LogP contribution in [-0.2, 0) is 4.74 Å². The van der Waals surface area contributed by atoms with E-state index >= 15 is 0 Å². The Bertz CT molecular complexity index is 244. The van der Waals surface area contributed by atoms with E-state index in [9.17, 15) is 0 Å². The quantitative estimate of drug-likeness (QED) is 0.677. The van der Waals surface area contributed by atoms with Gasteiger partial charge in [-0.3, -0.25) is 4.99 Å². The number of hydrogen-bond donors (Lipinski definition) is 1. The van der Waals surface area contributed by atoms with Crippen LogP contribution in [0.15, 0.2) is 16.8 Å². The number of nitrogens with zero attached hydrogens (tertiary/aromatic N) is 1. The van der Waals surface area contributed by atoms with Crippen molar-refractivity contribution in [2.45, 2.75) is 40.7 Å². The summed E-state index contributed by atoms with van der Waals surface area (Å²) in [6.45, 7) is 12.2. The highest BCUT2D eigenvalue weighted by Crippen LogP contribution is 2.10. The van der Waals surface area contributed by atoms with Gasteiger partial charge in [0.1, 0.15) is 0 Å². The molecule has 0 radical (unpaired) electrons. The average molecular weight is 226 g/mol. The van der Waals surface area contributed by atoms with Crippen LogP contribution in [0.3, 0.4) is 0 Å². The van der Waals surface area contributed by atoms with Crippen molar-refractivity contribution in [3.8, 4) is 0 Å². The van der Waals surface area contributed by atoms with Crippen LogP contribution in [0.2, 0.25) is 0 Å². The molecule has 0 amide bonds. The highest BCUT2D eigenvalue weighted by molar-refractivity contribution is 5.91. The van der Waals surface area contributed by atoms with Gasteiger partial charge in [-0.15, -0.1) is 0 Å². The molecular formula is C13H26N2O. The molecule has 16 heavy (non-hydrogen) atoms. The molecule has 1 unspecified atom stereocenters. The second-order valence-electron chi connectivity index (χ2n) is 4.21. The van der Waals surface area contributed by atoms with E-state index in [-0.39, 0.29) is 6.10 Å². The van der Waals surface area contributed by atoms with Gasteiger partial charge in [-0.25, -0.2) is 0 Å². The van der Waals surface area contributed by atoms with Gasteiger partial charge < -0.3 is 10.1 Å². The van der Waals surface area contributed by atoms with Crippen molar-refractivity contribution < 1.29 is 4.74 Å². The average Bonchev–Trinajstić information content (AvgIpc) is 2.25. The molecule has 0 aromatic rings. The lowest BCUT2D eigenvalue weighted by Crippen LogP contribution is -2.36. The first-order valence-corrected chi connectivity index (χ1v) is 6.00. The van der Waals surface area contributed by atoms with E-state index in [0.29, 0.717) is 5.92 Å². The van der Waals surface area contributed by atoms with Crippen molar-refractivity contribution >= 4 is 5.71 Å². The van der Waals surface area contributed by atoms with Gasteiger partial charge in [0.25, 0.3) is 0 Å². The molecule has 0 saturated heterocycles. The second-order valence-corrected chi connectivity index (χ2v) is 4.21. The molecule has 1 atom stereocenters. The van der Waals surface area contributed by atoms with Crippen LogP contribution >= 0.6 is 0 Å². The van der Waals surface area contributed by atoms with Gasteiger partial charge in [0.05, 0.1) is 11.8 Å². The smallest absolute Gasteiger partial charge is 0.0987 e.